The molecule has 5 heterocycles. The Bertz CT molecular complexity index is 2770. The molecular weight excluding hydrogens is 603 g/mol. The maximum atomic E-state index is 4.81. The van der Waals surface area contributed by atoms with Crippen molar-refractivity contribution in [1.29, 1.82) is 0 Å². The van der Waals surface area contributed by atoms with Gasteiger partial charge in [-0.05, 0) is 66.7 Å². The van der Waals surface area contributed by atoms with Gasteiger partial charge in [-0.2, -0.15) is 0 Å². The Kier molecular flexibility index (Phi) is 6.04. The van der Waals surface area contributed by atoms with E-state index in [4.69, 9.17) is 10.3 Å². The van der Waals surface area contributed by atoms with Crippen molar-refractivity contribution in [1.82, 2.24) is 34.1 Å². The standard InChI is InChI=1S/C42H27N7/c1-4-19-36-32(15-1)33-16-2-5-20-37(33)47(36)30-13-7-14-31(25-30)48-38-21-6-3-17-34(38)35-18-8-22-39(42(35)48)49-41(29-12-10-24-44-27-29)40(45-46-49)28-11-9-23-43-26-28/h1-27H. The molecule has 5 aromatic heterocycles. The van der Waals surface area contributed by atoms with Crippen molar-refractivity contribution < 1.29 is 0 Å². The molecule has 0 saturated carbocycles. The first-order chi connectivity index (χ1) is 24.3. The maximum absolute atomic E-state index is 4.81. The molecule has 230 valence electrons. The second kappa shape index (κ2) is 10.9. The highest BCUT2D eigenvalue weighted by Crippen LogP contribution is 2.39. The minimum atomic E-state index is 0.745. The predicted octanol–water partition coefficient (Wildman–Crippen LogP) is 9.59. The molecule has 0 saturated heterocycles. The molecule has 0 aliphatic heterocycles. The third-order valence-electron chi connectivity index (χ3n) is 9.37. The Morgan fingerprint density at radius 2 is 1.00 bits per heavy atom. The van der Waals surface area contributed by atoms with Crippen LogP contribution in [0.25, 0.3) is 83.2 Å². The number of hydrogen-bond acceptors (Lipinski definition) is 4. The zero-order valence-corrected chi connectivity index (χ0v) is 26.2. The largest absolute Gasteiger partial charge is 0.309 e. The van der Waals surface area contributed by atoms with Crippen molar-refractivity contribution >= 4 is 43.6 Å². The Hall–Kier alpha value is -6.86. The van der Waals surface area contributed by atoms with Crippen LogP contribution in [0, 0.1) is 0 Å². The van der Waals surface area contributed by atoms with Crippen LogP contribution in [0.5, 0.6) is 0 Å². The summed E-state index contributed by atoms with van der Waals surface area (Å²) in [7, 11) is 0. The van der Waals surface area contributed by atoms with E-state index in [2.05, 4.69) is 134 Å². The van der Waals surface area contributed by atoms with Crippen LogP contribution in [0.15, 0.2) is 164 Å². The first-order valence-electron chi connectivity index (χ1n) is 16.2. The summed E-state index contributed by atoms with van der Waals surface area (Å²) >= 11 is 0. The van der Waals surface area contributed by atoms with Gasteiger partial charge in [0, 0.05) is 68.8 Å². The van der Waals surface area contributed by atoms with Gasteiger partial charge in [0.25, 0.3) is 0 Å². The molecule has 10 aromatic rings. The van der Waals surface area contributed by atoms with Crippen LogP contribution in [0.4, 0.5) is 0 Å². The Labute approximate surface area is 281 Å². The molecule has 10 rings (SSSR count). The Balaban J connectivity index is 1.27. The van der Waals surface area contributed by atoms with Gasteiger partial charge >= 0.3 is 0 Å². The quantitative estimate of drug-likeness (QED) is 0.190. The Morgan fingerprint density at radius 1 is 0.449 bits per heavy atom. The fourth-order valence-electron chi connectivity index (χ4n) is 7.32. The second-order valence-electron chi connectivity index (χ2n) is 12.1. The maximum Gasteiger partial charge on any atom is 0.123 e. The number of aromatic nitrogens is 7. The number of nitrogens with zero attached hydrogens (tertiary/aromatic N) is 7. The van der Waals surface area contributed by atoms with Crippen molar-refractivity contribution in [2.75, 3.05) is 0 Å². The van der Waals surface area contributed by atoms with Gasteiger partial charge in [-0.3, -0.25) is 9.97 Å². The predicted molar refractivity (Wildman–Crippen MR) is 196 cm³/mol. The monoisotopic (exact) mass is 629 g/mol. The van der Waals surface area contributed by atoms with Crippen molar-refractivity contribution in [3.63, 3.8) is 0 Å². The lowest BCUT2D eigenvalue weighted by Crippen LogP contribution is -2.04. The van der Waals surface area contributed by atoms with Crippen LogP contribution in [0.1, 0.15) is 0 Å². The van der Waals surface area contributed by atoms with E-state index < -0.39 is 0 Å². The molecule has 5 aromatic carbocycles. The molecule has 7 nitrogen and oxygen atoms in total. The van der Waals surface area contributed by atoms with E-state index >= 15 is 0 Å². The van der Waals surface area contributed by atoms with Crippen molar-refractivity contribution in [2.24, 2.45) is 0 Å². The zero-order chi connectivity index (χ0) is 32.3. The number of rotatable bonds is 5. The van der Waals surface area contributed by atoms with E-state index in [0.717, 1.165) is 61.4 Å². The summed E-state index contributed by atoms with van der Waals surface area (Å²) in [5.41, 5.74) is 11.0. The van der Waals surface area contributed by atoms with Gasteiger partial charge in [-0.1, -0.05) is 78.0 Å². The zero-order valence-electron chi connectivity index (χ0n) is 26.2. The van der Waals surface area contributed by atoms with Gasteiger partial charge in [0.2, 0.25) is 0 Å². The molecule has 0 bridgehead atoms. The lowest BCUT2D eigenvalue weighted by molar-refractivity contribution is 0.810. The normalized spacial score (nSPS) is 11.7. The molecule has 0 amide bonds. The number of pyridine rings is 2. The van der Waals surface area contributed by atoms with Gasteiger partial charge in [-0.15, -0.1) is 5.10 Å². The minimum Gasteiger partial charge on any atom is -0.309 e. The van der Waals surface area contributed by atoms with Crippen molar-refractivity contribution in [2.45, 2.75) is 0 Å². The summed E-state index contributed by atoms with van der Waals surface area (Å²) < 4.78 is 6.67. The molecule has 0 spiro atoms. The summed E-state index contributed by atoms with van der Waals surface area (Å²) in [6.07, 6.45) is 7.24. The van der Waals surface area contributed by atoms with Crippen LogP contribution in [-0.4, -0.2) is 34.1 Å². The molecular formula is C42H27N7. The fraction of sp³-hybridized carbons (Fsp3) is 0. The molecule has 0 radical (unpaired) electrons. The molecule has 0 unspecified atom stereocenters. The number of fused-ring (bicyclic) bond motifs is 6. The van der Waals surface area contributed by atoms with Crippen LogP contribution in [-0.2, 0) is 0 Å². The second-order valence-corrected chi connectivity index (χ2v) is 12.1. The summed E-state index contributed by atoms with van der Waals surface area (Å²) in [6.45, 7) is 0. The molecule has 0 aliphatic rings. The highest BCUT2D eigenvalue weighted by Gasteiger charge is 2.23. The SMILES string of the molecule is c1cncc(-c2nnn(-c3cccc4c5ccccc5n(-c5cccc(-n6c7ccccc7c7ccccc76)c5)c34)c2-c2cccnc2)c1. The molecule has 49 heavy (non-hydrogen) atoms. The van der Waals surface area contributed by atoms with E-state index in [0.29, 0.717) is 0 Å². The molecule has 0 atom stereocenters. The topological polar surface area (TPSA) is 66.3 Å². The van der Waals surface area contributed by atoms with Crippen LogP contribution < -0.4 is 0 Å². The van der Waals surface area contributed by atoms with Gasteiger partial charge in [-0.25, -0.2) is 4.68 Å². The molecule has 0 fully saturated rings. The van der Waals surface area contributed by atoms with Gasteiger partial charge in [0.05, 0.1) is 27.8 Å². The number of hydrogen-bond donors (Lipinski definition) is 0. The van der Waals surface area contributed by atoms with Crippen molar-refractivity contribution in [3.8, 4) is 39.6 Å². The molecule has 0 aliphatic carbocycles. The average Bonchev–Trinajstić information content (AvgIpc) is 3.86. The molecule has 0 N–H and O–H groups in total. The number of benzene rings is 5. The highest BCUT2D eigenvalue weighted by atomic mass is 15.4. The lowest BCUT2D eigenvalue weighted by Gasteiger charge is -2.15. The third-order valence-corrected chi connectivity index (χ3v) is 9.37. The van der Waals surface area contributed by atoms with Crippen LogP contribution in [0.2, 0.25) is 0 Å². The van der Waals surface area contributed by atoms with E-state index in [1.54, 1.807) is 12.4 Å². The Morgan fingerprint density at radius 3 is 1.65 bits per heavy atom. The lowest BCUT2D eigenvalue weighted by atomic mass is 10.1. The summed E-state index contributed by atoms with van der Waals surface area (Å²) in [5, 5.41) is 14.3. The first-order valence-corrected chi connectivity index (χ1v) is 16.2. The van der Waals surface area contributed by atoms with Gasteiger partial charge < -0.3 is 9.13 Å². The third kappa shape index (κ3) is 4.16. The van der Waals surface area contributed by atoms with Gasteiger partial charge in [0.1, 0.15) is 11.4 Å². The van der Waals surface area contributed by atoms with Crippen LogP contribution >= 0.6 is 0 Å². The summed E-state index contributed by atoms with van der Waals surface area (Å²) in [5.74, 6) is 0. The average molecular weight is 630 g/mol. The smallest absolute Gasteiger partial charge is 0.123 e. The molecule has 7 heteroatoms. The van der Waals surface area contributed by atoms with E-state index in [1.165, 1.54) is 21.8 Å². The van der Waals surface area contributed by atoms with Crippen molar-refractivity contribution in [3.05, 3.63) is 164 Å². The summed E-state index contributed by atoms with van der Waals surface area (Å²) in [4.78, 5) is 8.84. The van der Waals surface area contributed by atoms with Gasteiger partial charge in [0.15, 0.2) is 0 Å². The van der Waals surface area contributed by atoms with E-state index in [9.17, 15) is 0 Å². The van der Waals surface area contributed by atoms with E-state index in [1.807, 2.05) is 41.3 Å². The summed E-state index contributed by atoms with van der Waals surface area (Å²) in [6, 6.07) is 49.0. The van der Waals surface area contributed by atoms with E-state index in [-0.39, 0.29) is 0 Å². The number of para-hydroxylation sites is 4. The highest BCUT2D eigenvalue weighted by molar-refractivity contribution is 6.12. The minimum absolute atomic E-state index is 0.745. The first kappa shape index (κ1) is 27.3. The fourth-order valence-corrected chi connectivity index (χ4v) is 7.32. The van der Waals surface area contributed by atoms with Crippen LogP contribution in [0.3, 0.4) is 0 Å².